The van der Waals surface area contributed by atoms with Gasteiger partial charge in [0.25, 0.3) is 5.91 Å². The van der Waals surface area contributed by atoms with Crippen LogP contribution in [0.1, 0.15) is 27.2 Å². The molecule has 31 heavy (non-hydrogen) atoms. The minimum absolute atomic E-state index is 0.153. The predicted molar refractivity (Wildman–Crippen MR) is 124 cm³/mol. The molecule has 4 rings (SSSR count). The van der Waals surface area contributed by atoms with E-state index in [4.69, 9.17) is 32.9 Å². The second kappa shape index (κ2) is 8.21. The molecule has 0 aliphatic carbocycles. The lowest BCUT2D eigenvalue weighted by molar-refractivity contribution is 0.102. The number of pyridine rings is 1. The highest BCUT2D eigenvalue weighted by atomic mass is 35.5. The van der Waals surface area contributed by atoms with Gasteiger partial charge in [-0.1, -0.05) is 41.4 Å². The summed E-state index contributed by atoms with van der Waals surface area (Å²) in [5, 5.41) is 9.01. The van der Waals surface area contributed by atoms with E-state index in [1.54, 1.807) is 22.9 Å². The fourth-order valence-corrected chi connectivity index (χ4v) is 4.01. The van der Waals surface area contributed by atoms with Crippen LogP contribution in [-0.4, -0.2) is 27.8 Å². The molecule has 158 valence electrons. The second-order valence-electron chi connectivity index (χ2n) is 7.24. The highest BCUT2D eigenvalue weighted by Gasteiger charge is 2.22. The van der Waals surface area contributed by atoms with Crippen molar-refractivity contribution in [2.45, 2.75) is 20.8 Å². The number of rotatable bonds is 4. The van der Waals surface area contributed by atoms with E-state index in [0.717, 1.165) is 27.7 Å². The zero-order valence-corrected chi connectivity index (χ0v) is 19.0. The summed E-state index contributed by atoms with van der Waals surface area (Å²) in [7, 11) is 1.44. The van der Waals surface area contributed by atoms with Gasteiger partial charge in [-0.3, -0.25) is 4.79 Å². The Balaban J connectivity index is 1.80. The normalized spacial score (nSPS) is 11.0. The Hall–Kier alpha value is -3.09. The largest absolute Gasteiger partial charge is 0.494 e. The van der Waals surface area contributed by atoms with Gasteiger partial charge in [0.05, 0.1) is 28.4 Å². The van der Waals surface area contributed by atoms with E-state index < -0.39 is 5.91 Å². The molecular formula is C23H20Cl2N4O2. The van der Waals surface area contributed by atoms with Gasteiger partial charge in [-0.2, -0.15) is 9.78 Å². The van der Waals surface area contributed by atoms with Crippen molar-refractivity contribution < 1.29 is 9.53 Å². The van der Waals surface area contributed by atoms with Crippen molar-refractivity contribution in [3.63, 3.8) is 0 Å². The molecule has 8 heteroatoms. The molecule has 1 amide bonds. The van der Waals surface area contributed by atoms with Gasteiger partial charge in [-0.05, 0) is 50.1 Å². The summed E-state index contributed by atoms with van der Waals surface area (Å²) in [6.45, 7) is 5.89. The molecule has 0 spiro atoms. The molecule has 0 aliphatic rings. The number of amides is 1. The number of carbonyl (C=O) groups excluding carboxylic acids is 1. The number of nitrogens with one attached hydrogen (secondary N) is 1. The molecule has 0 fully saturated rings. The maximum Gasteiger partial charge on any atom is 0.262 e. The molecule has 1 N–H and O–H groups in total. The summed E-state index contributed by atoms with van der Waals surface area (Å²) >= 11 is 12.4. The number of methoxy groups -OCH3 is 1. The van der Waals surface area contributed by atoms with Gasteiger partial charge >= 0.3 is 0 Å². The highest BCUT2D eigenvalue weighted by Crippen LogP contribution is 2.34. The minimum atomic E-state index is -0.459. The van der Waals surface area contributed by atoms with E-state index in [0.29, 0.717) is 16.7 Å². The van der Waals surface area contributed by atoms with Crippen LogP contribution in [0.3, 0.4) is 0 Å². The first-order valence-corrected chi connectivity index (χ1v) is 10.3. The van der Waals surface area contributed by atoms with Gasteiger partial charge in [-0.25, -0.2) is 4.98 Å². The molecule has 6 nitrogen and oxygen atoms in total. The van der Waals surface area contributed by atoms with Crippen LogP contribution in [0.4, 0.5) is 5.82 Å². The first kappa shape index (κ1) is 21.2. The third-order valence-electron chi connectivity index (χ3n) is 5.01. The summed E-state index contributed by atoms with van der Waals surface area (Å²) in [6.07, 6.45) is 0. The molecule has 2 aromatic carbocycles. The number of aromatic nitrogens is 3. The van der Waals surface area contributed by atoms with Crippen LogP contribution in [0.5, 0.6) is 5.75 Å². The van der Waals surface area contributed by atoms with Crippen LogP contribution < -0.4 is 10.1 Å². The van der Waals surface area contributed by atoms with Crippen LogP contribution in [0.25, 0.3) is 16.7 Å². The number of hydrogen-bond acceptors (Lipinski definition) is 4. The number of aryl methyl sites for hydroxylation is 3. The average Bonchev–Trinajstić information content (AvgIpc) is 3.10. The first-order chi connectivity index (χ1) is 14.8. The van der Waals surface area contributed by atoms with E-state index in [9.17, 15) is 4.79 Å². The van der Waals surface area contributed by atoms with E-state index in [1.165, 1.54) is 7.11 Å². The molecule has 0 bridgehead atoms. The monoisotopic (exact) mass is 454 g/mol. The molecule has 0 unspecified atom stereocenters. The number of nitrogens with zero attached hydrogens (tertiary/aromatic N) is 3. The zero-order chi connectivity index (χ0) is 22.3. The molecule has 0 saturated carbocycles. The van der Waals surface area contributed by atoms with Crippen molar-refractivity contribution in [2.24, 2.45) is 0 Å². The number of benzene rings is 2. The van der Waals surface area contributed by atoms with Crippen molar-refractivity contribution in [1.82, 2.24) is 14.8 Å². The Labute approximate surface area is 189 Å². The molecule has 2 heterocycles. The summed E-state index contributed by atoms with van der Waals surface area (Å²) in [6, 6.07) is 12.9. The van der Waals surface area contributed by atoms with Crippen molar-refractivity contribution >= 4 is 45.8 Å². The van der Waals surface area contributed by atoms with E-state index in [1.807, 2.05) is 45.0 Å². The molecule has 0 radical (unpaired) electrons. The van der Waals surface area contributed by atoms with Crippen LogP contribution >= 0.6 is 23.2 Å². The number of para-hydroxylation sites is 1. The average molecular weight is 455 g/mol. The molecular weight excluding hydrogens is 435 g/mol. The Morgan fingerprint density at radius 2 is 1.77 bits per heavy atom. The van der Waals surface area contributed by atoms with Crippen LogP contribution in [0.15, 0.2) is 42.5 Å². The quantitative estimate of drug-likeness (QED) is 0.415. The van der Waals surface area contributed by atoms with E-state index in [2.05, 4.69) is 10.4 Å². The van der Waals surface area contributed by atoms with E-state index >= 15 is 0 Å². The third-order valence-corrected chi connectivity index (χ3v) is 5.63. The van der Waals surface area contributed by atoms with Crippen LogP contribution in [-0.2, 0) is 0 Å². The number of ether oxygens (including phenoxy) is 1. The summed E-state index contributed by atoms with van der Waals surface area (Å²) in [5.41, 5.74) is 3.90. The molecule has 0 saturated heterocycles. The number of anilines is 1. The van der Waals surface area contributed by atoms with Gasteiger partial charge in [0.15, 0.2) is 11.6 Å². The van der Waals surface area contributed by atoms with Crippen molar-refractivity contribution in [3.05, 3.63) is 74.9 Å². The van der Waals surface area contributed by atoms with Crippen molar-refractivity contribution in [3.8, 4) is 11.6 Å². The Morgan fingerprint density at radius 1 is 1.03 bits per heavy atom. The lowest BCUT2D eigenvalue weighted by Gasteiger charge is -2.14. The molecule has 4 aromatic rings. The maximum absolute atomic E-state index is 13.1. The Morgan fingerprint density at radius 3 is 2.52 bits per heavy atom. The lowest BCUT2D eigenvalue weighted by atomic mass is 10.1. The Kier molecular flexibility index (Phi) is 5.60. The number of halogens is 2. The van der Waals surface area contributed by atoms with E-state index in [-0.39, 0.29) is 16.3 Å². The fourth-order valence-electron chi connectivity index (χ4n) is 3.54. The van der Waals surface area contributed by atoms with Crippen LogP contribution in [0.2, 0.25) is 10.0 Å². The van der Waals surface area contributed by atoms with Gasteiger partial charge in [0.2, 0.25) is 0 Å². The van der Waals surface area contributed by atoms with Gasteiger partial charge in [0, 0.05) is 11.5 Å². The first-order valence-electron chi connectivity index (χ1n) is 9.57. The number of carbonyl (C=O) groups is 1. The number of fused-ring (bicyclic) bond motifs is 1. The summed E-state index contributed by atoms with van der Waals surface area (Å²) in [5.74, 6) is 0.816. The zero-order valence-electron chi connectivity index (χ0n) is 17.5. The summed E-state index contributed by atoms with van der Waals surface area (Å²) in [4.78, 5) is 17.9. The lowest BCUT2D eigenvalue weighted by Crippen LogP contribution is -2.17. The van der Waals surface area contributed by atoms with Gasteiger partial charge in [0.1, 0.15) is 11.4 Å². The van der Waals surface area contributed by atoms with Gasteiger partial charge < -0.3 is 10.1 Å². The molecule has 2 aromatic heterocycles. The highest BCUT2D eigenvalue weighted by molar-refractivity contribution is 6.37. The maximum atomic E-state index is 13.1. The van der Waals surface area contributed by atoms with Gasteiger partial charge in [-0.15, -0.1) is 0 Å². The molecule has 0 aliphatic heterocycles. The van der Waals surface area contributed by atoms with Crippen molar-refractivity contribution in [1.29, 1.82) is 0 Å². The van der Waals surface area contributed by atoms with Crippen LogP contribution in [0, 0.1) is 20.8 Å². The topological polar surface area (TPSA) is 69.0 Å². The minimum Gasteiger partial charge on any atom is -0.494 e. The molecule has 0 atom stereocenters. The fraction of sp³-hybridized carbons (Fsp3) is 0.174. The second-order valence-corrected chi connectivity index (χ2v) is 8.06. The SMILES string of the molecule is COc1c(Cl)ccc(Cl)c1C(=O)Nc1cc(C)nn1-c1cc(C)c2cccc(C)c2n1. The smallest absolute Gasteiger partial charge is 0.262 e. The third kappa shape index (κ3) is 3.84. The predicted octanol–water partition coefficient (Wildman–Crippen LogP) is 5.91. The van der Waals surface area contributed by atoms with Crippen molar-refractivity contribution in [2.75, 3.05) is 12.4 Å². The Bertz CT molecular complexity index is 1330. The number of hydrogen-bond donors (Lipinski definition) is 1. The summed E-state index contributed by atoms with van der Waals surface area (Å²) < 4.78 is 6.91. The standard InChI is InChI=1S/C23H20Cl2N4O2/c1-12-6-5-7-15-13(2)10-18(26-21(12)15)29-19(11-14(3)28-29)27-23(30)20-16(24)8-9-17(25)22(20)31-4/h5-11H,1-4H3,(H,27,30).